The van der Waals surface area contributed by atoms with Gasteiger partial charge in [0.15, 0.2) is 6.54 Å². The van der Waals surface area contributed by atoms with Gasteiger partial charge < -0.3 is 19.9 Å². The largest absolute Gasteiger partial charge is 0.495 e. The number of carbonyl (C=O) groups is 2. The van der Waals surface area contributed by atoms with Gasteiger partial charge in [-0.2, -0.15) is 0 Å². The number of imide groups is 1. The van der Waals surface area contributed by atoms with Gasteiger partial charge in [0.2, 0.25) is 0 Å². The molecule has 130 valence electrons. The highest BCUT2D eigenvalue weighted by atomic mass is 16.5. The fourth-order valence-corrected chi connectivity index (χ4v) is 2.98. The molecule has 7 heteroatoms. The second kappa shape index (κ2) is 7.53. The number of anilines is 1. The minimum absolute atomic E-state index is 0.214. The van der Waals surface area contributed by atoms with Gasteiger partial charge in [-0.1, -0.05) is 12.1 Å². The molecule has 7 nitrogen and oxygen atoms in total. The molecule has 1 saturated carbocycles. The summed E-state index contributed by atoms with van der Waals surface area (Å²) in [4.78, 5) is 27.0. The Kier molecular flexibility index (Phi) is 5.20. The second-order valence-corrected chi connectivity index (χ2v) is 6.38. The third-order valence-corrected chi connectivity index (χ3v) is 4.47. The molecule has 1 aromatic rings. The Morgan fingerprint density at radius 3 is 2.62 bits per heavy atom. The molecule has 2 fully saturated rings. The number of methoxy groups -OCH3 is 1. The van der Waals surface area contributed by atoms with Gasteiger partial charge in [-0.3, -0.25) is 10.1 Å². The Balaban J connectivity index is 1.44. The fourth-order valence-electron chi connectivity index (χ4n) is 2.98. The van der Waals surface area contributed by atoms with Crippen LogP contribution in [0.5, 0.6) is 5.75 Å². The number of amides is 3. The fraction of sp³-hybridized carbons (Fsp3) is 0.529. The highest BCUT2D eigenvalue weighted by Crippen LogP contribution is 2.27. The van der Waals surface area contributed by atoms with Crippen LogP contribution >= 0.6 is 0 Å². The quantitative estimate of drug-likeness (QED) is 0.672. The standard InChI is InChI=1S/C17H24N4O3/c1-24-15-5-3-2-4-14(15)21-10-8-20(9-11-21)12-16(22)19-17(23)18-13-6-7-13/h2-5,13H,6-12H2,1H3,(H2,18,19,22,23)/p+1. The summed E-state index contributed by atoms with van der Waals surface area (Å²) in [6.07, 6.45) is 2.02. The van der Waals surface area contributed by atoms with Gasteiger partial charge >= 0.3 is 6.03 Å². The van der Waals surface area contributed by atoms with Gasteiger partial charge in [-0.25, -0.2) is 4.79 Å². The summed E-state index contributed by atoms with van der Waals surface area (Å²) in [6, 6.07) is 7.87. The summed E-state index contributed by atoms with van der Waals surface area (Å²) >= 11 is 0. The number of hydrogen-bond donors (Lipinski definition) is 3. The summed E-state index contributed by atoms with van der Waals surface area (Å²) < 4.78 is 5.41. The third-order valence-electron chi connectivity index (χ3n) is 4.47. The molecule has 0 bridgehead atoms. The van der Waals surface area contributed by atoms with E-state index < -0.39 is 0 Å². The Bertz CT molecular complexity index is 595. The molecule has 3 rings (SSSR count). The molecule has 3 amide bonds. The van der Waals surface area contributed by atoms with E-state index in [0.29, 0.717) is 6.54 Å². The zero-order valence-electron chi connectivity index (χ0n) is 14.0. The van der Waals surface area contributed by atoms with Crippen LogP contribution in [0.3, 0.4) is 0 Å². The van der Waals surface area contributed by atoms with Gasteiger partial charge in [0.05, 0.1) is 39.0 Å². The van der Waals surface area contributed by atoms with Crippen molar-refractivity contribution in [2.75, 3.05) is 44.7 Å². The van der Waals surface area contributed by atoms with Crippen LogP contribution < -0.4 is 25.2 Å². The third kappa shape index (κ3) is 4.38. The first-order chi connectivity index (χ1) is 11.7. The second-order valence-electron chi connectivity index (χ2n) is 6.38. The van der Waals surface area contributed by atoms with Crippen molar-refractivity contribution in [2.45, 2.75) is 18.9 Å². The minimum Gasteiger partial charge on any atom is -0.495 e. The van der Waals surface area contributed by atoms with Crippen LogP contribution in [-0.4, -0.2) is 57.8 Å². The summed E-state index contributed by atoms with van der Waals surface area (Å²) in [5, 5.41) is 5.18. The van der Waals surface area contributed by atoms with Gasteiger partial charge in [-0.15, -0.1) is 0 Å². The van der Waals surface area contributed by atoms with Crippen molar-refractivity contribution in [2.24, 2.45) is 0 Å². The van der Waals surface area contributed by atoms with Crippen LogP contribution in [0.4, 0.5) is 10.5 Å². The van der Waals surface area contributed by atoms with Crippen molar-refractivity contribution in [1.29, 1.82) is 0 Å². The molecule has 0 aromatic heterocycles. The SMILES string of the molecule is COc1ccccc1N1CC[NH+](CC(=O)NC(=O)NC2CC2)CC1. The van der Waals surface area contributed by atoms with Gasteiger partial charge in [-0.05, 0) is 25.0 Å². The van der Waals surface area contributed by atoms with Crippen LogP contribution in [-0.2, 0) is 4.79 Å². The maximum absolute atomic E-state index is 11.9. The lowest BCUT2D eigenvalue weighted by atomic mass is 10.2. The van der Waals surface area contributed by atoms with E-state index >= 15 is 0 Å². The predicted molar refractivity (Wildman–Crippen MR) is 90.5 cm³/mol. The molecule has 0 unspecified atom stereocenters. The molecule has 24 heavy (non-hydrogen) atoms. The smallest absolute Gasteiger partial charge is 0.321 e. The molecule has 3 N–H and O–H groups in total. The van der Waals surface area contributed by atoms with E-state index in [1.807, 2.05) is 18.2 Å². The van der Waals surface area contributed by atoms with E-state index in [0.717, 1.165) is 50.5 Å². The van der Waals surface area contributed by atoms with Gasteiger partial charge in [0.25, 0.3) is 5.91 Å². The van der Waals surface area contributed by atoms with E-state index in [-0.39, 0.29) is 18.0 Å². The summed E-state index contributed by atoms with van der Waals surface area (Å²) in [7, 11) is 1.68. The average Bonchev–Trinajstić information content (AvgIpc) is 3.39. The van der Waals surface area contributed by atoms with E-state index in [9.17, 15) is 9.59 Å². The zero-order chi connectivity index (χ0) is 16.9. The van der Waals surface area contributed by atoms with E-state index in [4.69, 9.17) is 4.74 Å². The lowest BCUT2D eigenvalue weighted by Crippen LogP contribution is -3.16. The number of piperazine rings is 1. The maximum Gasteiger partial charge on any atom is 0.321 e. The number of ether oxygens (including phenoxy) is 1. The molecule has 1 aromatic carbocycles. The van der Waals surface area contributed by atoms with E-state index in [1.54, 1.807) is 7.11 Å². The number of nitrogens with zero attached hydrogens (tertiary/aromatic N) is 1. The molecule has 0 atom stereocenters. The first-order valence-corrected chi connectivity index (χ1v) is 8.47. The molecule has 0 radical (unpaired) electrons. The highest BCUT2D eigenvalue weighted by molar-refractivity contribution is 5.94. The van der Waals surface area contributed by atoms with Crippen LogP contribution in [0, 0.1) is 0 Å². The zero-order valence-corrected chi connectivity index (χ0v) is 14.0. The number of hydrogen-bond acceptors (Lipinski definition) is 4. The van der Waals surface area contributed by atoms with Crippen molar-refractivity contribution >= 4 is 17.6 Å². The molecular formula is C17H25N4O3+. The Hall–Kier alpha value is -2.28. The van der Waals surface area contributed by atoms with Crippen molar-refractivity contribution in [3.8, 4) is 5.75 Å². The van der Waals surface area contributed by atoms with Crippen molar-refractivity contribution in [3.63, 3.8) is 0 Å². The first-order valence-electron chi connectivity index (χ1n) is 8.47. The monoisotopic (exact) mass is 333 g/mol. The molecule has 1 saturated heterocycles. The minimum atomic E-state index is -0.366. The van der Waals surface area contributed by atoms with Crippen molar-refractivity contribution in [1.82, 2.24) is 10.6 Å². The summed E-state index contributed by atoms with van der Waals surface area (Å²) in [5.74, 6) is 0.657. The van der Waals surface area contributed by atoms with E-state index in [2.05, 4.69) is 21.6 Å². The molecule has 2 aliphatic rings. The average molecular weight is 333 g/mol. The molecule has 1 aliphatic heterocycles. The number of carbonyl (C=O) groups excluding carboxylic acids is 2. The van der Waals surface area contributed by atoms with Crippen molar-refractivity contribution < 1.29 is 19.2 Å². The number of benzene rings is 1. The normalized spacial score (nSPS) is 18.1. The van der Waals surface area contributed by atoms with Gasteiger partial charge in [0.1, 0.15) is 5.75 Å². The number of para-hydroxylation sites is 2. The Labute approximate surface area is 141 Å². The number of rotatable bonds is 5. The lowest BCUT2D eigenvalue weighted by molar-refractivity contribution is -0.892. The van der Waals surface area contributed by atoms with Crippen LogP contribution in [0.1, 0.15) is 12.8 Å². The predicted octanol–water partition coefficient (Wildman–Crippen LogP) is -0.612. The number of urea groups is 1. The molecular weight excluding hydrogens is 308 g/mol. The summed E-state index contributed by atoms with van der Waals surface area (Å²) in [5.41, 5.74) is 1.09. The van der Waals surface area contributed by atoms with Crippen LogP contribution in [0.15, 0.2) is 24.3 Å². The van der Waals surface area contributed by atoms with Crippen LogP contribution in [0.2, 0.25) is 0 Å². The van der Waals surface area contributed by atoms with Gasteiger partial charge in [0, 0.05) is 6.04 Å². The highest BCUT2D eigenvalue weighted by Gasteiger charge is 2.26. The summed E-state index contributed by atoms with van der Waals surface area (Å²) in [6.45, 7) is 3.76. The topological polar surface area (TPSA) is 75.1 Å². The van der Waals surface area contributed by atoms with Crippen LogP contribution in [0.25, 0.3) is 0 Å². The molecule has 1 heterocycles. The first kappa shape index (κ1) is 16.6. The number of quaternary nitrogens is 1. The Morgan fingerprint density at radius 1 is 1.25 bits per heavy atom. The Morgan fingerprint density at radius 2 is 1.96 bits per heavy atom. The van der Waals surface area contributed by atoms with Crippen molar-refractivity contribution in [3.05, 3.63) is 24.3 Å². The number of nitrogens with one attached hydrogen (secondary N) is 3. The maximum atomic E-state index is 11.9. The lowest BCUT2D eigenvalue weighted by Gasteiger charge is -2.33. The molecule has 0 spiro atoms. The van der Waals surface area contributed by atoms with E-state index in [1.165, 1.54) is 4.90 Å². The molecule has 1 aliphatic carbocycles.